The lowest BCUT2D eigenvalue weighted by Crippen LogP contribution is -2.28. The monoisotopic (exact) mass is 541 g/mol. The van der Waals surface area contributed by atoms with Gasteiger partial charge in [0.15, 0.2) is 11.6 Å². The fourth-order valence-electron chi connectivity index (χ4n) is 5.99. The number of likely N-dealkylation sites (N-methyl/N-ethyl adjacent to an activating group) is 1. The van der Waals surface area contributed by atoms with Crippen molar-refractivity contribution < 1.29 is 14.0 Å². The van der Waals surface area contributed by atoms with E-state index in [1.54, 1.807) is 24.5 Å². The number of fused-ring (bicyclic) bond motifs is 6. The van der Waals surface area contributed by atoms with Gasteiger partial charge in [0, 0.05) is 45.1 Å². The van der Waals surface area contributed by atoms with Gasteiger partial charge >= 0.3 is 0 Å². The molecule has 0 unspecified atom stereocenters. The minimum atomic E-state index is -0.222. The standard InChI is InChI=1S/C30H23NO3S3/c1-4-30(5-2)22(31(3)29-23(30)27-28(37-29)26-21(36-27)12-14-35-26)11-10-18-24(32)17-9-8-16(15-19(17)25(18)33)20-7-6-13-34-20/h6-15H,4-5H2,1-3H3/b18-10+,22-11+. The zero-order valence-corrected chi connectivity index (χ0v) is 23.0. The molecule has 0 N–H and O–H groups in total. The molecular weight excluding hydrogens is 519 g/mol. The minimum absolute atomic E-state index is 0.156. The van der Waals surface area contributed by atoms with Gasteiger partial charge in [-0.15, -0.1) is 34.0 Å². The highest BCUT2D eigenvalue weighted by atomic mass is 32.1. The maximum Gasteiger partial charge on any atom is 0.197 e. The summed E-state index contributed by atoms with van der Waals surface area (Å²) in [4.78, 5) is 28.9. The SMILES string of the molecule is CCC1(CC)/C(=C\C=C2/C(=O)c3ccc(-c4ccco4)cc3C2=O)N(C)c2sc3c(sc4ccsc43)c21. The number of carbonyl (C=O) groups is 2. The molecule has 37 heavy (non-hydrogen) atoms. The zero-order chi connectivity index (χ0) is 25.5. The molecule has 0 fully saturated rings. The molecule has 2 aliphatic rings. The number of Topliss-reactive ketones (excluding diaryl/α,β-unsaturated/α-hetero) is 2. The van der Waals surface area contributed by atoms with E-state index in [0.717, 1.165) is 24.1 Å². The first-order valence-electron chi connectivity index (χ1n) is 12.3. The Labute approximate surface area is 226 Å². The van der Waals surface area contributed by atoms with Crippen molar-refractivity contribution in [1.29, 1.82) is 0 Å². The summed E-state index contributed by atoms with van der Waals surface area (Å²) < 4.78 is 11.0. The van der Waals surface area contributed by atoms with Gasteiger partial charge in [-0.25, -0.2) is 0 Å². The first kappa shape index (κ1) is 22.9. The van der Waals surface area contributed by atoms with Crippen LogP contribution in [0, 0.1) is 0 Å². The molecule has 1 aromatic carbocycles. The third-order valence-electron chi connectivity index (χ3n) is 7.95. The first-order valence-corrected chi connectivity index (χ1v) is 14.9. The quantitative estimate of drug-likeness (QED) is 0.168. The lowest BCUT2D eigenvalue weighted by molar-refractivity contribution is 0.0988. The van der Waals surface area contributed by atoms with E-state index >= 15 is 0 Å². The van der Waals surface area contributed by atoms with Crippen molar-refractivity contribution in [2.45, 2.75) is 32.1 Å². The molecule has 7 rings (SSSR count). The zero-order valence-electron chi connectivity index (χ0n) is 20.6. The van der Waals surface area contributed by atoms with Crippen molar-refractivity contribution in [1.82, 2.24) is 0 Å². The van der Waals surface area contributed by atoms with E-state index in [9.17, 15) is 9.59 Å². The van der Waals surface area contributed by atoms with Gasteiger partial charge in [-0.3, -0.25) is 9.59 Å². The molecule has 0 spiro atoms. The third-order valence-corrected chi connectivity index (χ3v) is 11.7. The Morgan fingerprint density at radius 3 is 2.51 bits per heavy atom. The Morgan fingerprint density at radius 1 is 0.946 bits per heavy atom. The number of anilines is 1. The van der Waals surface area contributed by atoms with Gasteiger partial charge in [0.1, 0.15) is 10.8 Å². The smallest absolute Gasteiger partial charge is 0.197 e. The summed E-state index contributed by atoms with van der Waals surface area (Å²) in [6, 6.07) is 11.2. The van der Waals surface area contributed by atoms with Crippen LogP contribution in [0.25, 0.3) is 30.1 Å². The maximum atomic E-state index is 13.4. The highest BCUT2D eigenvalue weighted by molar-refractivity contribution is 7.39. The van der Waals surface area contributed by atoms with Crippen LogP contribution in [0.15, 0.2) is 75.9 Å². The molecule has 4 aromatic heterocycles. The summed E-state index contributed by atoms with van der Waals surface area (Å²) in [5, 5.41) is 3.45. The molecule has 0 amide bonds. The van der Waals surface area contributed by atoms with Crippen molar-refractivity contribution in [3.63, 3.8) is 0 Å². The van der Waals surface area contributed by atoms with Gasteiger partial charge in [-0.2, -0.15) is 0 Å². The van der Waals surface area contributed by atoms with Gasteiger partial charge in [-0.1, -0.05) is 19.9 Å². The van der Waals surface area contributed by atoms with E-state index in [1.807, 2.05) is 58.3 Å². The molecule has 0 saturated carbocycles. The van der Waals surface area contributed by atoms with Crippen LogP contribution < -0.4 is 4.90 Å². The second-order valence-electron chi connectivity index (χ2n) is 9.53. The Hall–Kier alpha value is -3.26. The fourth-order valence-corrected chi connectivity index (χ4v) is 10.2. The number of allylic oxidation sites excluding steroid dienone is 4. The number of rotatable bonds is 4. The number of ketones is 2. The van der Waals surface area contributed by atoms with E-state index in [1.165, 1.54) is 29.4 Å². The summed E-state index contributed by atoms with van der Waals surface area (Å²) in [7, 11) is 2.12. The highest BCUT2D eigenvalue weighted by Crippen LogP contribution is 2.60. The van der Waals surface area contributed by atoms with Crippen molar-refractivity contribution in [3.05, 3.63) is 88.2 Å². The van der Waals surface area contributed by atoms with Gasteiger partial charge < -0.3 is 9.32 Å². The molecule has 184 valence electrons. The Kier molecular flexibility index (Phi) is 5.02. The van der Waals surface area contributed by atoms with Crippen LogP contribution >= 0.6 is 34.0 Å². The summed E-state index contributed by atoms with van der Waals surface area (Å²) in [5.41, 5.74) is 4.33. The number of furan rings is 1. The van der Waals surface area contributed by atoms with Crippen LogP contribution in [0.4, 0.5) is 5.00 Å². The number of hydrogen-bond acceptors (Lipinski definition) is 7. The molecular formula is C30H23NO3S3. The first-order chi connectivity index (χ1) is 18.0. The van der Waals surface area contributed by atoms with E-state index in [0.29, 0.717) is 16.9 Å². The number of thiophene rings is 3. The predicted molar refractivity (Wildman–Crippen MR) is 155 cm³/mol. The van der Waals surface area contributed by atoms with E-state index in [-0.39, 0.29) is 22.6 Å². The molecule has 5 heterocycles. The van der Waals surface area contributed by atoms with Gasteiger partial charge in [0.05, 0.1) is 25.9 Å². The van der Waals surface area contributed by atoms with Crippen molar-refractivity contribution >= 4 is 69.4 Å². The van der Waals surface area contributed by atoms with E-state index in [2.05, 4.69) is 37.2 Å². The van der Waals surface area contributed by atoms with Crippen LogP contribution in [0.1, 0.15) is 53.0 Å². The summed E-state index contributed by atoms with van der Waals surface area (Å²) >= 11 is 5.57. The Balaban J connectivity index is 1.33. The molecule has 0 bridgehead atoms. The molecule has 1 aliphatic carbocycles. The second-order valence-corrected chi connectivity index (χ2v) is 12.5. The average molecular weight is 542 g/mol. The van der Waals surface area contributed by atoms with Crippen LogP contribution in [0.5, 0.6) is 0 Å². The lowest BCUT2D eigenvalue weighted by atomic mass is 9.75. The molecule has 1 aliphatic heterocycles. The van der Waals surface area contributed by atoms with Gasteiger partial charge in [0.25, 0.3) is 0 Å². The summed E-state index contributed by atoms with van der Waals surface area (Å²) in [5.74, 6) is 0.245. The topological polar surface area (TPSA) is 50.5 Å². The largest absolute Gasteiger partial charge is 0.464 e. The second kappa shape index (κ2) is 8.12. The van der Waals surface area contributed by atoms with E-state index in [4.69, 9.17) is 4.42 Å². The predicted octanol–water partition coefficient (Wildman–Crippen LogP) is 8.83. The molecule has 0 atom stereocenters. The highest BCUT2D eigenvalue weighted by Gasteiger charge is 2.47. The van der Waals surface area contributed by atoms with Crippen LogP contribution in [-0.2, 0) is 5.41 Å². The number of hydrogen-bond donors (Lipinski definition) is 0. The number of nitrogens with zero attached hydrogens (tertiary/aromatic N) is 1. The maximum absolute atomic E-state index is 13.4. The summed E-state index contributed by atoms with van der Waals surface area (Å²) in [6.07, 6.45) is 7.27. The molecule has 0 radical (unpaired) electrons. The normalized spacial score (nSPS) is 18.7. The fraction of sp³-hybridized carbons (Fsp3) is 0.200. The number of carbonyl (C=O) groups excluding carboxylic acids is 2. The minimum Gasteiger partial charge on any atom is -0.464 e. The van der Waals surface area contributed by atoms with Gasteiger partial charge in [-0.05, 0) is 60.7 Å². The molecule has 7 heteroatoms. The third kappa shape index (κ3) is 2.99. The van der Waals surface area contributed by atoms with Crippen molar-refractivity contribution in [2.75, 3.05) is 11.9 Å². The van der Waals surface area contributed by atoms with Crippen molar-refractivity contribution in [2.24, 2.45) is 0 Å². The van der Waals surface area contributed by atoms with Gasteiger partial charge in [0.2, 0.25) is 0 Å². The molecule has 5 aromatic rings. The Morgan fingerprint density at radius 2 is 1.76 bits per heavy atom. The molecule has 4 nitrogen and oxygen atoms in total. The van der Waals surface area contributed by atoms with Crippen molar-refractivity contribution in [3.8, 4) is 11.3 Å². The van der Waals surface area contributed by atoms with E-state index < -0.39 is 0 Å². The average Bonchev–Trinajstić information content (AvgIpc) is 3.73. The number of benzene rings is 1. The Bertz CT molecular complexity index is 1800. The van der Waals surface area contributed by atoms with Crippen LogP contribution in [0.2, 0.25) is 0 Å². The lowest BCUT2D eigenvalue weighted by Gasteiger charge is -2.30. The van der Waals surface area contributed by atoms with Crippen LogP contribution in [-0.4, -0.2) is 18.6 Å². The summed E-state index contributed by atoms with van der Waals surface area (Å²) in [6.45, 7) is 4.48. The molecule has 0 saturated heterocycles. The van der Waals surface area contributed by atoms with Crippen LogP contribution in [0.3, 0.4) is 0 Å².